The first-order chi connectivity index (χ1) is 14.9. The van der Waals surface area contributed by atoms with E-state index < -0.39 is 6.04 Å². The van der Waals surface area contributed by atoms with Gasteiger partial charge in [-0.15, -0.1) is 0 Å². The highest BCUT2D eigenvalue weighted by molar-refractivity contribution is 5.95. The average Bonchev–Trinajstić information content (AvgIpc) is 2.80. The second-order valence-electron chi connectivity index (χ2n) is 6.83. The van der Waals surface area contributed by atoms with E-state index in [1.165, 1.54) is 6.08 Å². The molecule has 0 aliphatic heterocycles. The van der Waals surface area contributed by atoms with Gasteiger partial charge in [0.05, 0.1) is 11.4 Å². The Morgan fingerprint density at radius 2 is 1.61 bits per heavy atom. The number of rotatable bonds is 6. The monoisotopic (exact) mass is 416 g/mol. The molecule has 6 nitrogen and oxygen atoms in total. The first kappa shape index (κ1) is 23.4. The highest BCUT2D eigenvalue weighted by atomic mass is 16.2. The molecule has 6 heteroatoms. The van der Waals surface area contributed by atoms with E-state index in [1.807, 2.05) is 74.6 Å². The van der Waals surface area contributed by atoms with E-state index in [1.54, 1.807) is 18.2 Å². The van der Waals surface area contributed by atoms with E-state index in [-0.39, 0.29) is 5.91 Å². The van der Waals surface area contributed by atoms with E-state index in [0.29, 0.717) is 11.8 Å². The molecule has 6 N–H and O–H groups in total. The highest BCUT2D eigenvalue weighted by Gasteiger charge is 2.15. The molecular weight excluding hydrogens is 388 g/mol. The fourth-order valence-electron chi connectivity index (χ4n) is 2.70. The number of carbonyl (C=O) groups excluding carboxylic acids is 2. The number of nitrogens with two attached hydrogens (primary N) is 2. The zero-order valence-corrected chi connectivity index (χ0v) is 17.7. The van der Waals surface area contributed by atoms with E-state index in [4.69, 9.17) is 11.5 Å². The molecule has 0 heterocycles. The van der Waals surface area contributed by atoms with Crippen molar-refractivity contribution in [3.63, 3.8) is 0 Å². The van der Waals surface area contributed by atoms with Crippen LogP contribution in [0.2, 0.25) is 0 Å². The van der Waals surface area contributed by atoms with E-state index in [2.05, 4.69) is 10.6 Å². The summed E-state index contributed by atoms with van der Waals surface area (Å²) >= 11 is 0. The van der Waals surface area contributed by atoms with Crippen molar-refractivity contribution in [2.24, 2.45) is 5.73 Å². The van der Waals surface area contributed by atoms with Crippen molar-refractivity contribution in [1.29, 1.82) is 0 Å². The minimum absolute atomic E-state index is 0.264. The smallest absolute Gasteiger partial charge is 0.245 e. The molecule has 3 aromatic rings. The minimum Gasteiger partial charge on any atom is -0.397 e. The molecular formula is C25H28N4O2. The van der Waals surface area contributed by atoms with Crippen LogP contribution < -0.4 is 22.1 Å². The van der Waals surface area contributed by atoms with Crippen LogP contribution in [-0.4, -0.2) is 19.2 Å². The van der Waals surface area contributed by atoms with E-state index in [9.17, 15) is 9.59 Å². The maximum atomic E-state index is 12.2. The normalized spacial score (nSPS) is 11.2. The van der Waals surface area contributed by atoms with Crippen LogP contribution in [0.4, 0.5) is 17.1 Å². The Morgan fingerprint density at radius 1 is 0.968 bits per heavy atom. The molecule has 0 fully saturated rings. The standard InChI is InChI=1S/C18H18N2O2.C7H10N2/c1-13-4-10-16(11-5-13)20-18(22)17(19)15-8-6-14(7-9-15)3-2-12-21;1-9-7-5-3-2-4-6(7)8/h2-12,17H,19H2,1H3,(H,20,22);2-5,9H,8H2,1H3/b3-2+;. The Labute approximate surface area is 183 Å². The molecule has 0 saturated carbocycles. The van der Waals surface area contributed by atoms with Gasteiger partial charge in [0, 0.05) is 12.7 Å². The molecule has 0 spiro atoms. The number of hydrogen-bond donors (Lipinski definition) is 4. The summed E-state index contributed by atoms with van der Waals surface area (Å²) in [5, 5.41) is 5.76. The highest BCUT2D eigenvalue weighted by Crippen LogP contribution is 2.16. The van der Waals surface area contributed by atoms with Gasteiger partial charge in [-0.2, -0.15) is 0 Å². The van der Waals surface area contributed by atoms with Gasteiger partial charge in [0.25, 0.3) is 0 Å². The largest absolute Gasteiger partial charge is 0.397 e. The summed E-state index contributed by atoms with van der Waals surface area (Å²) in [4.78, 5) is 22.4. The van der Waals surface area contributed by atoms with E-state index in [0.717, 1.165) is 28.2 Å². The van der Waals surface area contributed by atoms with Gasteiger partial charge < -0.3 is 22.1 Å². The maximum Gasteiger partial charge on any atom is 0.245 e. The Kier molecular flexibility index (Phi) is 9.01. The molecule has 0 aromatic heterocycles. The maximum absolute atomic E-state index is 12.2. The van der Waals surface area contributed by atoms with Crippen molar-refractivity contribution in [2.75, 3.05) is 23.4 Å². The number of carbonyl (C=O) groups is 2. The van der Waals surface area contributed by atoms with Gasteiger partial charge in [0.2, 0.25) is 5.91 Å². The minimum atomic E-state index is -0.745. The van der Waals surface area contributed by atoms with Gasteiger partial charge in [-0.25, -0.2) is 0 Å². The van der Waals surface area contributed by atoms with Crippen LogP contribution in [-0.2, 0) is 9.59 Å². The summed E-state index contributed by atoms with van der Waals surface area (Å²) < 4.78 is 0. The van der Waals surface area contributed by atoms with Crippen LogP contribution in [0.3, 0.4) is 0 Å². The quantitative estimate of drug-likeness (QED) is 0.274. The first-order valence-electron chi connectivity index (χ1n) is 9.81. The lowest BCUT2D eigenvalue weighted by molar-refractivity contribution is -0.117. The van der Waals surface area contributed by atoms with E-state index >= 15 is 0 Å². The Morgan fingerprint density at radius 3 is 2.16 bits per heavy atom. The molecule has 0 bridgehead atoms. The lowest BCUT2D eigenvalue weighted by Crippen LogP contribution is -2.27. The summed E-state index contributed by atoms with van der Waals surface area (Å²) in [6.45, 7) is 1.98. The summed E-state index contributed by atoms with van der Waals surface area (Å²) in [5.74, 6) is -0.264. The van der Waals surface area contributed by atoms with Gasteiger partial charge in [-0.05, 0) is 48.4 Å². The topological polar surface area (TPSA) is 110 Å². The molecule has 0 saturated heterocycles. The van der Waals surface area contributed by atoms with Gasteiger partial charge in [-0.3, -0.25) is 9.59 Å². The van der Waals surface area contributed by atoms with Crippen LogP contribution in [0.25, 0.3) is 6.08 Å². The molecule has 0 aliphatic rings. The fraction of sp³-hybridized carbons (Fsp3) is 0.120. The van der Waals surface area contributed by atoms with Crippen molar-refractivity contribution < 1.29 is 9.59 Å². The molecule has 3 rings (SSSR count). The Balaban J connectivity index is 0.000000316. The van der Waals surface area contributed by atoms with Crippen molar-refractivity contribution in [3.05, 3.63) is 95.6 Å². The number of amides is 1. The summed E-state index contributed by atoms with van der Waals surface area (Å²) in [6.07, 6.45) is 3.82. The molecule has 160 valence electrons. The number of anilines is 3. The zero-order valence-electron chi connectivity index (χ0n) is 17.7. The Bertz CT molecular complexity index is 1010. The van der Waals surface area contributed by atoms with Crippen molar-refractivity contribution >= 4 is 35.3 Å². The third kappa shape index (κ3) is 7.45. The number of allylic oxidation sites excluding steroid dienone is 1. The SMILES string of the molecule is CNc1ccccc1N.Cc1ccc(NC(=O)C(N)c2ccc(/C=C/C=O)cc2)cc1. The number of benzene rings is 3. The number of nitrogens with one attached hydrogen (secondary N) is 2. The van der Waals surface area contributed by atoms with Crippen LogP contribution in [0, 0.1) is 6.92 Å². The number of nitrogen functional groups attached to an aromatic ring is 1. The molecule has 0 aliphatic carbocycles. The van der Waals surface area contributed by atoms with Gasteiger partial charge in [-0.1, -0.05) is 60.2 Å². The summed E-state index contributed by atoms with van der Waals surface area (Å²) in [7, 11) is 1.85. The number of hydrogen-bond acceptors (Lipinski definition) is 5. The molecule has 1 unspecified atom stereocenters. The third-order valence-electron chi connectivity index (χ3n) is 4.49. The third-order valence-corrected chi connectivity index (χ3v) is 4.49. The number of aldehydes is 1. The van der Waals surface area contributed by atoms with Crippen molar-refractivity contribution in [2.45, 2.75) is 13.0 Å². The lowest BCUT2D eigenvalue weighted by atomic mass is 10.0. The fourth-order valence-corrected chi connectivity index (χ4v) is 2.70. The summed E-state index contributed by atoms with van der Waals surface area (Å²) in [5.41, 5.74) is 16.8. The predicted molar refractivity (Wildman–Crippen MR) is 129 cm³/mol. The molecule has 0 radical (unpaired) electrons. The Hall–Kier alpha value is -3.90. The average molecular weight is 417 g/mol. The van der Waals surface area contributed by atoms with Crippen LogP contribution in [0.1, 0.15) is 22.7 Å². The zero-order chi connectivity index (χ0) is 22.6. The lowest BCUT2D eigenvalue weighted by Gasteiger charge is -2.13. The van der Waals surface area contributed by atoms with Crippen molar-refractivity contribution in [3.8, 4) is 0 Å². The molecule has 1 atom stereocenters. The van der Waals surface area contributed by atoms with Gasteiger partial charge >= 0.3 is 0 Å². The van der Waals surface area contributed by atoms with Crippen LogP contribution in [0.5, 0.6) is 0 Å². The number of para-hydroxylation sites is 2. The number of aryl methyl sites for hydroxylation is 1. The molecule has 31 heavy (non-hydrogen) atoms. The molecule has 3 aromatic carbocycles. The van der Waals surface area contributed by atoms with Gasteiger partial charge in [0.15, 0.2) is 0 Å². The molecule has 1 amide bonds. The van der Waals surface area contributed by atoms with Crippen LogP contribution >= 0.6 is 0 Å². The van der Waals surface area contributed by atoms with Crippen molar-refractivity contribution in [1.82, 2.24) is 0 Å². The first-order valence-corrected chi connectivity index (χ1v) is 9.81. The second-order valence-corrected chi connectivity index (χ2v) is 6.83. The second kappa shape index (κ2) is 11.9. The van der Waals surface area contributed by atoms with Gasteiger partial charge in [0.1, 0.15) is 12.3 Å². The summed E-state index contributed by atoms with van der Waals surface area (Å²) in [6, 6.07) is 21.6. The predicted octanol–water partition coefficient (Wildman–Crippen LogP) is 4.16. The van der Waals surface area contributed by atoms with Crippen LogP contribution in [0.15, 0.2) is 78.9 Å².